The molecule has 1 fully saturated rings. The minimum absolute atomic E-state index is 0. The number of aryl methyl sites for hydroxylation is 1. The first-order chi connectivity index (χ1) is 10.2. The second-order valence-electron chi connectivity index (χ2n) is 5.20. The molecule has 22 heavy (non-hydrogen) atoms. The molecule has 116 valence electrons. The molecule has 0 unspecified atom stereocenters. The predicted octanol–water partition coefficient (Wildman–Crippen LogP) is 0.951. The zero-order valence-electron chi connectivity index (χ0n) is 12.0. The number of hydrogen-bond acceptors (Lipinski definition) is 6. The highest BCUT2D eigenvalue weighted by Crippen LogP contribution is 2.25. The Labute approximate surface area is 131 Å². The van der Waals surface area contributed by atoms with Crippen LogP contribution in [0.25, 0.3) is 16.7 Å². The van der Waals surface area contributed by atoms with Gasteiger partial charge >= 0.3 is 0 Å². The van der Waals surface area contributed by atoms with Crippen LogP contribution < -0.4 is 10.2 Å². The Morgan fingerprint density at radius 1 is 1.23 bits per heavy atom. The number of nitrogens with one attached hydrogen (secondary N) is 1. The first kappa shape index (κ1) is 14.9. The Kier molecular flexibility index (Phi) is 3.79. The average Bonchev–Trinajstić information content (AvgIpc) is 2.97. The molecule has 0 saturated carbocycles. The van der Waals surface area contributed by atoms with Crippen molar-refractivity contribution in [1.82, 2.24) is 30.3 Å². The first-order valence-electron chi connectivity index (χ1n) is 6.87. The lowest BCUT2D eigenvalue weighted by Gasteiger charge is -2.28. The van der Waals surface area contributed by atoms with Crippen molar-refractivity contribution in [2.24, 2.45) is 0 Å². The lowest BCUT2D eigenvalue weighted by Crippen LogP contribution is -2.44. The Hall–Kier alpha value is -2.06. The van der Waals surface area contributed by atoms with Crippen molar-refractivity contribution in [1.29, 1.82) is 0 Å². The van der Waals surface area contributed by atoms with E-state index < -0.39 is 0 Å². The largest absolute Gasteiger partial charge is 0.351 e. The third-order valence-corrected chi connectivity index (χ3v) is 3.72. The van der Waals surface area contributed by atoms with E-state index in [0.717, 1.165) is 31.7 Å². The molecule has 0 bridgehead atoms. The highest BCUT2D eigenvalue weighted by Gasteiger charge is 2.20. The monoisotopic (exact) mass is 323 g/mol. The third-order valence-electron chi connectivity index (χ3n) is 3.72. The van der Waals surface area contributed by atoms with Crippen molar-refractivity contribution >= 4 is 34.9 Å². The highest BCUT2D eigenvalue weighted by atomic mass is 35.5. The maximum atomic E-state index is 14.3. The van der Waals surface area contributed by atoms with Gasteiger partial charge in [0.1, 0.15) is 5.52 Å². The van der Waals surface area contributed by atoms with Crippen LogP contribution in [0.3, 0.4) is 0 Å². The average molecular weight is 324 g/mol. The summed E-state index contributed by atoms with van der Waals surface area (Å²) in [5.74, 6) is 0.288. The molecule has 9 heteroatoms. The molecule has 1 N–H and O–H groups in total. The molecular weight excluding hydrogens is 309 g/mol. The van der Waals surface area contributed by atoms with Gasteiger partial charge in [-0.15, -0.1) is 17.5 Å². The van der Waals surface area contributed by atoms with Gasteiger partial charge in [-0.25, -0.2) is 9.37 Å². The van der Waals surface area contributed by atoms with E-state index in [0.29, 0.717) is 22.5 Å². The molecule has 0 radical (unpaired) electrons. The number of fused-ring (bicyclic) bond motifs is 3. The van der Waals surface area contributed by atoms with E-state index in [4.69, 9.17) is 0 Å². The van der Waals surface area contributed by atoms with Crippen molar-refractivity contribution in [3.8, 4) is 0 Å². The number of nitrogens with zero attached hydrogens (tertiary/aromatic N) is 6. The molecule has 1 aliphatic rings. The molecule has 4 rings (SSSR count). The SMILES string of the molecule is Cc1cc(F)c2nc(N3CCNCC3)c3nnnn3c2c1.Cl. The number of halogens is 2. The molecule has 3 heterocycles. The number of anilines is 1. The van der Waals surface area contributed by atoms with Crippen LogP contribution in [0.15, 0.2) is 12.1 Å². The number of rotatable bonds is 1. The Morgan fingerprint density at radius 3 is 2.77 bits per heavy atom. The molecule has 7 nitrogen and oxygen atoms in total. The standard InChI is InChI=1S/C13H14FN7.ClH/c1-8-6-9(14)11-10(7-8)21-13(17-18-19-21)12(16-11)20-4-2-15-3-5-20;/h6-7,15H,2-5H2,1H3;1H. The van der Waals surface area contributed by atoms with E-state index in [1.807, 2.05) is 13.0 Å². The van der Waals surface area contributed by atoms with Crippen LogP contribution in [0.4, 0.5) is 10.2 Å². The normalized spacial score (nSPS) is 15.3. The van der Waals surface area contributed by atoms with Gasteiger partial charge in [-0.2, -0.15) is 4.52 Å². The molecule has 0 amide bonds. The number of aromatic nitrogens is 5. The minimum atomic E-state index is -0.348. The Morgan fingerprint density at radius 2 is 2.00 bits per heavy atom. The fourth-order valence-electron chi connectivity index (χ4n) is 2.72. The fraction of sp³-hybridized carbons (Fsp3) is 0.385. The van der Waals surface area contributed by atoms with Crippen molar-refractivity contribution in [2.75, 3.05) is 31.1 Å². The molecule has 2 aromatic heterocycles. The number of piperazine rings is 1. The molecule has 1 saturated heterocycles. The van der Waals surface area contributed by atoms with Crippen molar-refractivity contribution < 1.29 is 4.39 Å². The quantitative estimate of drug-likeness (QED) is 0.719. The van der Waals surface area contributed by atoms with E-state index in [2.05, 4.69) is 30.7 Å². The van der Waals surface area contributed by atoms with Crippen LogP contribution in [-0.4, -0.2) is 51.2 Å². The van der Waals surface area contributed by atoms with Gasteiger partial charge in [0, 0.05) is 26.2 Å². The van der Waals surface area contributed by atoms with Gasteiger partial charge in [0.2, 0.25) is 5.65 Å². The third kappa shape index (κ3) is 2.24. The van der Waals surface area contributed by atoms with Gasteiger partial charge < -0.3 is 10.2 Å². The summed E-state index contributed by atoms with van der Waals surface area (Å²) in [5, 5.41) is 15.1. The summed E-state index contributed by atoms with van der Waals surface area (Å²) in [5.41, 5.74) is 2.27. The summed E-state index contributed by atoms with van der Waals surface area (Å²) >= 11 is 0. The molecule has 3 aromatic rings. The fourth-order valence-corrected chi connectivity index (χ4v) is 2.72. The van der Waals surface area contributed by atoms with Crippen LogP contribution >= 0.6 is 12.4 Å². The minimum Gasteiger partial charge on any atom is -0.351 e. The Bertz CT molecular complexity index is 828. The number of tetrazole rings is 1. The van der Waals surface area contributed by atoms with Crippen LogP contribution in [-0.2, 0) is 0 Å². The van der Waals surface area contributed by atoms with E-state index in [9.17, 15) is 4.39 Å². The zero-order valence-corrected chi connectivity index (χ0v) is 12.8. The van der Waals surface area contributed by atoms with Gasteiger partial charge in [-0.05, 0) is 35.0 Å². The van der Waals surface area contributed by atoms with E-state index in [1.165, 1.54) is 6.07 Å². The van der Waals surface area contributed by atoms with Gasteiger partial charge in [0.15, 0.2) is 11.6 Å². The van der Waals surface area contributed by atoms with Gasteiger partial charge in [0.25, 0.3) is 0 Å². The maximum Gasteiger partial charge on any atom is 0.222 e. The highest BCUT2D eigenvalue weighted by molar-refractivity contribution is 5.85. The summed E-state index contributed by atoms with van der Waals surface area (Å²) in [6.45, 7) is 5.17. The topological polar surface area (TPSA) is 71.2 Å². The summed E-state index contributed by atoms with van der Waals surface area (Å²) in [7, 11) is 0. The lowest BCUT2D eigenvalue weighted by molar-refractivity contribution is 0.585. The van der Waals surface area contributed by atoms with Crippen LogP contribution in [0.1, 0.15) is 5.56 Å². The van der Waals surface area contributed by atoms with E-state index in [-0.39, 0.29) is 18.2 Å². The second kappa shape index (κ2) is 5.62. The van der Waals surface area contributed by atoms with Crippen molar-refractivity contribution in [3.63, 3.8) is 0 Å². The smallest absolute Gasteiger partial charge is 0.222 e. The van der Waals surface area contributed by atoms with Crippen LogP contribution in [0.2, 0.25) is 0 Å². The predicted molar refractivity (Wildman–Crippen MR) is 83.1 cm³/mol. The number of benzene rings is 1. The molecule has 1 aliphatic heterocycles. The van der Waals surface area contributed by atoms with Gasteiger partial charge in [0.05, 0.1) is 5.52 Å². The zero-order chi connectivity index (χ0) is 14.4. The van der Waals surface area contributed by atoms with Crippen LogP contribution in [0, 0.1) is 12.7 Å². The van der Waals surface area contributed by atoms with E-state index in [1.54, 1.807) is 4.52 Å². The summed E-state index contributed by atoms with van der Waals surface area (Å²) in [6, 6.07) is 3.32. The number of hydrogen-bond donors (Lipinski definition) is 1. The summed E-state index contributed by atoms with van der Waals surface area (Å²) < 4.78 is 15.8. The first-order valence-corrected chi connectivity index (χ1v) is 6.87. The van der Waals surface area contributed by atoms with Gasteiger partial charge in [-0.1, -0.05) is 0 Å². The Balaban J connectivity index is 0.00000144. The molecule has 1 aromatic carbocycles. The van der Waals surface area contributed by atoms with Crippen LogP contribution in [0.5, 0.6) is 0 Å². The molecular formula is C13H15ClFN7. The second-order valence-corrected chi connectivity index (χ2v) is 5.20. The summed E-state index contributed by atoms with van der Waals surface area (Å²) in [4.78, 5) is 6.58. The van der Waals surface area contributed by atoms with Crippen molar-refractivity contribution in [2.45, 2.75) is 6.92 Å². The van der Waals surface area contributed by atoms with Gasteiger partial charge in [-0.3, -0.25) is 0 Å². The maximum absolute atomic E-state index is 14.3. The molecule has 0 aliphatic carbocycles. The van der Waals surface area contributed by atoms with E-state index >= 15 is 0 Å². The molecule has 0 atom stereocenters. The molecule has 0 spiro atoms. The lowest BCUT2D eigenvalue weighted by atomic mass is 10.2. The summed E-state index contributed by atoms with van der Waals surface area (Å²) in [6.07, 6.45) is 0. The van der Waals surface area contributed by atoms with Crippen molar-refractivity contribution in [3.05, 3.63) is 23.5 Å².